The van der Waals surface area contributed by atoms with Crippen molar-refractivity contribution in [3.05, 3.63) is 69.8 Å². The first-order valence-corrected chi connectivity index (χ1v) is 7.58. The van der Waals surface area contributed by atoms with Gasteiger partial charge < -0.3 is 10.2 Å². The van der Waals surface area contributed by atoms with E-state index in [0.29, 0.717) is 5.56 Å². The maximum atomic E-state index is 12.8. The third-order valence-corrected chi connectivity index (χ3v) is 4.32. The third kappa shape index (κ3) is 2.32. The fraction of sp³-hybridized carbons (Fsp3) is 0.235. The minimum atomic E-state index is -0.419. The van der Waals surface area contributed by atoms with E-state index in [0.717, 1.165) is 24.1 Å². The SMILES string of the molecule is O=C1c2ccccc2N[C@@H](c2ccc([N+](=O)[O-])cc2)N1C1CC1. The lowest BCUT2D eigenvalue weighted by molar-refractivity contribution is -0.384. The van der Waals surface area contributed by atoms with Crippen molar-refractivity contribution >= 4 is 17.3 Å². The third-order valence-electron chi connectivity index (χ3n) is 4.32. The number of rotatable bonds is 3. The molecule has 1 atom stereocenters. The number of nitrogens with one attached hydrogen (secondary N) is 1. The molecule has 6 heteroatoms. The summed E-state index contributed by atoms with van der Waals surface area (Å²) in [6, 6.07) is 14.1. The summed E-state index contributed by atoms with van der Waals surface area (Å²) in [6.45, 7) is 0. The molecule has 116 valence electrons. The van der Waals surface area contributed by atoms with Crippen molar-refractivity contribution in [2.45, 2.75) is 25.0 Å². The Hall–Kier alpha value is -2.89. The number of non-ortho nitro benzene ring substituents is 1. The number of nitro groups is 1. The molecule has 1 heterocycles. The summed E-state index contributed by atoms with van der Waals surface area (Å²) in [4.78, 5) is 25.1. The predicted molar refractivity (Wildman–Crippen MR) is 85.1 cm³/mol. The summed E-state index contributed by atoms with van der Waals surface area (Å²) >= 11 is 0. The van der Waals surface area contributed by atoms with Crippen molar-refractivity contribution < 1.29 is 9.72 Å². The Bertz CT molecular complexity index is 784. The van der Waals surface area contributed by atoms with Gasteiger partial charge in [-0.15, -0.1) is 0 Å². The highest BCUT2D eigenvalue weighted by Gasteiger charge is 2.41. The lowest BCUT2D eigenvalue weighted by atomic mass is 10.0. The van der Waals surface area contributed by atoms with Crippen LogP contribution in [0.2, 0.25) is 0 Å². The van der Waals surface area contributed by atoms with Crippen molar-refractivity contribution in [1.82, 2.24) is 4.90 Å². The molecule has 6 nitrogen and oxygen atoms in total. The fourth-order valence-corrected chi connectivity index (χ4v) is 3.02. The molecule has 0 bridgehead atoms. The van der Waals surface area contributed by atoms with Crippen LogP contribution in [0, 0.1) is 10.1 Å². The Labute approximate surface area is 132 Å². The molecule has 0 aromatic heterocycles. The minimum Gasteiger partial charge on any atom is -0.361 e. The first-order valence-electron chi connectivity index (χ1n) is 7.58. The van der Waals surface area contributed by atoms with Gasteiger partial charge in [-0.3, -0.25) is 14.9 Å². The van der Waals surface area contributed by atoms with E-state index in [1.807, 2.05) is 29.2 Å². The van der Waals surface area contributed by atoms with Crippen LogP contribution in [-0.2, 0) is 0 Å². The monoisotopic (exact) mass is 309 g/mol. The zero-order valence-corrected chi connectivity index (χ0v) is 12.3. The van der Waals surface area contributed by atoms with E-state index in [4.69, 9.17) is 0 Å². The Morgan fingerprint density at radius 1 is 1.09 bits per heavy atom. The van der Waals surface area contributed by atoms with E-state index < -0.39 is 4.92 Å². The minimum absolute atomic E-state index is 0.0187. The maximum Gasteiger partial charge on any atom is 0.269 e. The van der Waals surface area contributed by atoms with Gasteiger partial charge in [0.2, 0.25) is 0 Å². The largest absolute Gasteiger partial charge is 0.361 e. The van der Waals surface area contributed by atoms with E-state index in [1.54, 1.807) is 12.1 Å². The molecule has 2 aromatic rings. The second-order valence-corrected chi connectivity index (χ2v) is 5.88. The summed E-state index contributed by atoms with van der Waals surface area (Å²) < 4.78 is 0. The maximum absolute atomic E-state index is 12.8. The van der Waals surface area contributed by atoms with Gasteiger partial charge in [0.1, 0.15) is 6.17 Å². The first kappa shape index (κ1) is 13.8. The van der Waals surface area contributed by atoms with Crippen molar-refractivity contribution in [3.63, 3.8) is 0 Å². The van der Waals surface area contributed by atoms with Crippen LogP contribution in [0.5, 0.6) is 0 Å². The van der Waals surface area contributed by atoms with Gasteiger partial charge in [0.25, 0.3) is 11.6 Å². The molecular formula is C17H15N3O3. The number of anilines is 1. The second kappa shape index (κ2) is 5.08. The molecule has 0 saturated heterocycles. The topological polar surface area (TPSA) is 75.5 Å². The van der Waals surface area contributed by atoms with Crippen molar-refractivity contribution in [2.24, 2.45) is 0 Å². The van der Waals surface area contributed by atoms with Crippen molar-refractivity contribution in [1.29, 1.82) is 0 Å². The number of hydrogen-bond acceptors (Lipinski definition) is 4. The van der Waals surface area contributed by atoms with Gasteiger partial charge in [-0.25, -0.2) is 0 Å². The summed E-state index contributed by atoms with van der Waals surface area (Å²) in [5.74, 6) is 0.0187. The zero-order valence-electron chi connectivity index (χ0n) is 12.3. The van der Waals surface area contributed by atoms with E-state index in [9.17, 15) is 14.9 Å². The number of amides is 1. The average molecular weight is 309 g/mol. The number of para-hydroxylation sites is 1. The van der Waals surface area contributed by atoms with Crippen LogP contribution in [0.1, 0.15) is 34.9 Å². The average Bonchev–Trinajstić information content (AvgIpc) is 3.39. The highest BCUT2D eigenvalue weighted by Crippen LogP contribution is 2.40. The summed E-state index contributed by atoms with van der Waals surface area (Å²) in [6.07, 6.45) is 1.71. The molecule has 1 N–H and O–H groups in total. The van der Waals surface area contributed by atoms with Gasteiger partial charge in [-0.2, -0.15) is 0 Å². The van der Waals surface area contributed by atoms with Crippen LogP contribution in [0.3, 0.4) is 0 Å². The summed E-state index contributed by atoms with van der Waals surface area (Å²) in [5.41, 5.74) is 2.38. The van der Waals surface area contributed by atoms with Crippen LogP contribution in [0.15, 0.2) is 48.5 Å². The number of hydrogen-bond donors (Lipinski definition) is 1. The highest BCUT2D eigenvalue weighted by molar-refractivity contribution is 6.02. The molecule has 1 amide bonds. The molecule has 0 unspecified atom stereocenters. The zero-order chi connectivity index (χ0) is 16.0. The van der Waals surface area contributed by atoms with Crippen molar-refractivity contribution in [3.8, 4) is 0 Å². The Balaban J connectivity index is 1.74. The molecule has 1 aliphatic carbocycles. The molecule has 1 fully saturated rings. The predicted octanol–water partition coefficient (Wildman–Crippen LogP) is 3.32. The van der Waals surface area contributed by atoms with Gasteiger partial charge in [-0.05, 0) is 42.7 Å². The number of fused-ring (bicyclic) bond motifs is 1. The Morgan fingerprint density at radius 2 is 1.78 bits per heavy atom. The standard InChI is InChI=1S/C17H15N3O3/c21-17-14-3-1-2-4-15(14)18-16(19(17)12-9-10-12)11-5-7-13(8-6-11)20(22)23/h1-8,12,16,18H,9-10H2/t16-/m1/s1. The van der Waals surface area contributed by atoms with Crippen LogP contribution in [0.25, 0.3) is 0 Å². The van der Waals surface area contributed by atoms with Gasteiger partial charge in [-0.1, -0.05) is 12.1 Å². The number of benzene rings is 2. The summed E-state index contributed by atoms with van der Waals surface area (Å²) in [5, 5.41) is 14.2. The molecule has 1 aliphatic heterocycles. The molecule has 4 rings (SSSR count). The smallest absolute Gasteiger partial charge is 0.269 e. The van der Waals surface area contributed by atoms with E-state index in [-0.39, 0.29) is 23.8 Å². The second-order valence-electron chi connectivity index (χ2n) is 5.88. The fourth-order valence-electron chi connectivity index (χ4n) is 3.02. The van der Waals surface area contributed by atoms with E-state index >= 15 is 0 Å². The number of carbonyl (C=O) groups is 1. The molecule has 0 radical (unpaired) electrons. The first-order chi connectivity index (χ1) is 11.1. The van der Waals surface area contributed by atoms with Crippen LogP contribution in [0.4, 0.5) is 11.4 Å². The Morgan fingerprint density at radius 3 is 2.43 bits per heavy atom. The molecule has 23 heavy (non-hydrogen) atoms. The van der Waals surface area contributed by atoms with E-state index in [1.165, 1.54) is 12.1 Å². The van der Waals surface area contributed by atoms with Gasteiger partial charge in [0, 0.05) is 23.9 Å². The highest BCUT2D eigenvalue weighted by atomic mass is 16.6. The van der Waals surface area contributed by atoms with Crippen LogP contribution < -0.4 is 5.32 Å². The summed E-state index contributed by atoms with van der Waals surface area (Å²) in [7, 11) is 0. The normalized spacial score (nSPS) is 19.9. The quantitative estimate of drug-likeness (QED) is 0.697. The van der Waals surface area contributed by atoms with Crippen LogP contribution in [-0.4, -0.2) is 21.8 Å². The van der Waals surface area contributed by atoms with Crippen LogP contribution >= 0.6 is 0 Å². The molecule has 2 aromatic carbocycles. The Kier molecular flexibility index (Phi) is 3.04. The lowest BCUT2D eigenvalue weighted by Crippen LogP contribution is -2.44. The molecule has 2 aliphatic rings. The number of nitro benzene ring substituents is 1. The number of nitrogens with zero attached hydrogens (tertiary/aromatic N) is 2. The van der Waals surface area contributed by atoms with E-state index in [2.05, 4.69) is 5.32 Å². The molecule has 0 spiro atoms. The number of carbonyl (C=O) groups excluding carboxylic acids is 1. The van der Waals surface area contributed by atoms with Gasteiger partial charge in [0.15, 0.2) is 0 Å². The van der Waals surface area contributed by atoms with Gasteiger partial charge in [0.05, 0.1) is 10.5 Å². The van der Waals surface area contributed by atoms with Crippen molar-refractivity contribution in [2.75, 3.05) is 5.32 Å². The molecule has 1 saturated carbocycles. The molecular weight excluding hydrogens is 294 g/mol. The lowest BCUT2D eigenvalue weighted by Gasteiger charge is -2.38. The van der Waals surface area contributed by atoms with Gasteiger partial charge >= 0.3 is 0 Å².